The highest BCUT2D eigenvalue weighted by atomic mass is 19.4. The Kier molecular flexibility index (Phi) is 6.43. The number of hydrogen-bond acceptors (Lipinski definition) is 2. The van der Waals surface area contributed by atoms with Crippen molar-refractivity contribution in [2.75, 3.05) is 26.2 Å². The predicted molar refractivity (Wildman–Crippen MR) is 67.6 cm³/mol. The third-order valence-electron chi connectivity index (χ3n) is 3.61. The standard InChI is InChI=1S/C13H25F3N2/c1-3-5-11(2)17-7-9-18-8-4-6-12(10-18)13(14,15)16/h11-12,17H,3-10H2,1-2H3. The van der Waals surface area contributed by atoms with Crippen LogP contribution in [0.1, 0.15) is 39.5 Å². The molecular weight excluding hydrogens is 241 g/mol. The summed E-state index contributed by atoms with van der Waals surface area (Å²) < 4.78 is 37.9. The molecule has 18 heavy (non-hydrogen) atoms. The van der Waals surface area contributed by atoms with Gasteiger partial charge in [0.25, 0.3) is 0 Å². The van der Waals surface area contributed by atoms with Gasteiger partial charge in [-0.05, 0) is 32.7 Å². The van der Waals surface area contributed by atoms with Crippen molar-refractivity contribution >= 4 is 0 Å². The molecule has 0 radical (unpaired) electrons. The molecule has 0 saturated carbocycles. The summed E-state index contributed by atoms with van der Waals surface area (Å²) in [4.78, 5) is 1.94. The molecule has 1 fully saturated rings. The molecule has 2 atom stereocenters. The minimum atomic E-state index is -4.03. The van der Waals surface area contributed by atoms with Crippen molar-refractivity contribution in [3.63, 3.8) is 0 Å². The predicted octanol–water partition coefficient (Wildman–Crippen LogP) is 3.04. The molecule has 0 aromatic rings. The SMILES string of the molecule is CCCC(C)NCCN1CCCC(C(F)(F)F)C1. The second-order valence-electron chi connectivity index (χ2n) is 5.33. The van der Waals surface area contributed by atoms with Crippen LogP contribution in [-0.4, -0.2) is 43.3 Å². The molecule has 1 heterocycles. The molecule has 108 valence electrons. The summed E-state index contributed by atoms with van der Waals surface area (Å²) >= 11 is 0. The lowest BCUT2D eigenvalue weighted by atomic mass is 9.97. The van der Waals surface area contributed by atoms with Crippen LogP contribution in [0.25, 0.3) is 0 Å². The van der Waals surface area contributed by atoms with E-state index in [0.717, 1.165) is 32.5 Å². The van der Waals surface area contributed by atoms with Gasteiger partial charge in [-0.15, -0.1) is 0 Å². The lowest BCUT2D eigenvalue weighted by molar-refractivity contribution is -0.186. The van der Waals surface area contributed by atoms with Gasteiger partial charge in [-0.2, -0.15) is 13.2 Å². The van der Waals surface area contributed by atoms with E-state index in [2.05, 4.69) is 19.2 Å². The molecule has 0 aromatic carbocycles. The average Bonchev–Trinajstić information content (AvgIpc) is 2.29. The smallest absolute Gasteiger partial charge is 0.313 e. The summed E-state index contributed by atoms with van der Waals surface area (Å²) in [5.41, 5.74) is 0. The summed E-state index contributed by atoms with van der Waals surface area (Å²) in [6, 6.07) is 0.457. The van der Waals surface area contributed by atoms with E-state index >= 15 is 0 Å². The fraction of sp³-hybridized carbons (Fsp3) is 1.00. The largest absolute Gasteiger partial charge is 0.393 e. The van der Waals surface area contributed by atoms with Crippen molar-refractivity contribution in [1.29, 1.82) is 0 Å². The molecule has 1 rings (SSSR count). The molecule has 0 aliphatic carbocycles. The van der Waals surface area contributed by atoms with Crippen LogP contribution in [0.2, 0.25) is 0 Å². The molecule has 0 aromatic heterocycles. The molecule has 5 heteroatoms. The first-order chi connectivity index (χ1) is 8.43. The maximum Gasteiger partial charge on any atom is 0.393 e. The number of likely N-dealkylation sites (tertiary alicyclic amines) is 1. The molecule has 1 aliphatic rings. The van der Waals surface area contributed by atoms with Gasteiger partial charge in [-0.1, -0.05) is 13.3 Å². The van der Waals surface area contributed by atoms with Crippen LogP contribution in [0.15, 0.2) is 0 Å². The summed E-state index contributed by atoms with van der Waals surface area (Å²) in [7, 11) is 0. The summed E-state index contributed by atoms with van der Waals surface area (Å²) in [5, 5.41) is 3.36. The molecule has 0 spiro atoms. The number of piperidine rings is 1. The first-order valence-corrected chi connectivity index (χ1v) is 6.96. The highest BCUT2D eigenvalue weighted by molar-refractivity contribution is 4.78. The highest BCUT2D eigenvalue weighted by Crippen LogP contribution is 2.32. The van der Waals surface area contributed by atoms with Gasteiger partial charge in [0, 0.05) is 25.7 Å². The van der Waals surface area contributed by atoms with Crippen molar-refractivity contribution in [2.24, 2.45) is 5.92 Å². The quantitative estimate of drug-likeness (QED) is 0.795. The molecule has 0 amide bonds. The Morgan fingerprint density at radius 1 is 1.39 bits per heavy atom. The molecular formula is C13H25F3N2. The lowest BCUT2D eigenvalue weighted by Crippen LogP contribution is -2.44. The average molecular weight is 266 g/mol. The minimum absolute atomic E-state index is 0.174. The van der Waals surface area contributed by atoms with Crippen molar-refractivity contribution in [3.05, 3.63) is 0 Å². The van der Waals surface area contributed by atoms with Crippen LogP contribution < -0.4 is 5.32 Å². The van der Waals surface area contributed by atoms with Gasteiger partial charge in [-0.3, -0.25) is 0 Å². The van der Waals surface area contributed by atoms with E-state index in [1.54, 1.807) is 0 Å². The van der Waals surface area contributed by atoms with E-state index in [9.17, 15) is 13.2 Å². The second kappa shape index (κ2) is 7.34. The molecule has 2 nitrogen and oxygen atoms in total. The second-order valence-corrected chi connectivity index (χ2v) is 5.33. The molecule has 2 unspecified atom stereocenters. The Labute approximate surface area is 108 Å². The number of halogens is 3. The zero-order valence-electron chi connectivity index (χ0n) is 11.4. The van der Waals surface area contributed by atoms with Gasteiger partial charge in [0.15, 0.2) is 0 Å². The van der Waals surface area contributed by atoms with Gasteiger partial charge in [0.2, 0.25) is 0 Å². The summed E-state index contributed by atoms with van der Waals surface area (Å²) in [6.07, 6.45) is -0.824. The maximum absolute atomic E-state index is 12.6. The molecule has 1 N–H and O–H groups in total. The van der Waals surface area contributed by atoms with E-state index in [0.29, 0.717) is 18.9 Å². The van der Waals surface area contributed by atoms with E-state index in [4.69, 9.17) is 0 Å². The van der Waals surface area contributed by atoms with E-state index in [-0.39, 0.29) is 6.54 Å². The summed E-state index contributed by atoms with van der Waals surface area (Å²) in [6.45, 7) is 6.74. The monoisotopic (exact) mass is 266 g/mol. The van der Waals surface area contributed by atoms with Crippen molar-refractivity contribution in [1.82, 2.24) is 10.2 Å². The fourth-order valence-electron chi connectivity index (χ4n) is 2.53. The Balaban J connectivity index is 2.22. The Morgan fingerprint density at radius 2 is 2.11 bits per heavy atom. The first kappa shape index (κ1) is 15.8. The number of nitrogens with one attached hydrogen (secondary N) is 1. The minimum Gasteiger partial charge on any atom is -0.313 e. The van der Waals surface area contributed by atoms with Crippen LogP contribution in [0.5, 0.6) is 0 Å². The third kappa shape index (κ3) is 5.57. The lowest BCUT2D eigenvalue weighted by Gasteiger charge is -2.33. The van der Waals surface area contributed by atoms with Crippen LogP contribution in [-0.2, 0) is 0 Å². The number of nitrogens with zero attached hydrogens (tertiary/aromatic N) is 1. The Bertz CT molecular complexity index is 231. The zero-order chi connectivity index (χ0) is 13.6. The molecule has 0 bridgehead atoms. The van der Waals surface area contributed by atoms with Gasteiger partial charge in [-0.25, -0.2) is 0 Å². The highest BCUT2D eigenvalue weighted by Gasteiger charge is 2.41. The Morgan fingerprint density at radius 3 is 2.72 bits per heavy atom. The maximum atomic E-state index is 12.6. The third-order valence-corrected chi connectivity index (χ3v) is 3.61. The van der Waals surface area contributed by atoms with Crippen molar-refractivity contribution in [3.8, 4) is 0 Å². The van der Waals surface area contributed by atoms with Gasteiger partial charge in [0.1, 0.15) is 0 Å². The fourth-order valence-corrected chi connectivity index (χ4v) is 2.53. The van der Waals surface area contributed by atoms with E-state index in [1.807, 2.05) is 4.90 Å². The number of rotatable bonds is 6. The van der Waals surface area contributed by atoms with Crippen molar-refractivity contribution in [2.45, 2.75) is 51.7 Å². The van der Waals surface area contributed by atoms with Crippen LogP contribution in [0.4, 0.5) is 13.2 Å². The van der Waals surface area contributed by atoms with Gasteiger partial charge in [0.05, 0.1) is 5.92 Å². The van der Waals surface area contributed by atoms with Crippen LogP contribution in [0, 0.1) is 5.92 Å². The van der Waals surface area contributed by atoms with Crippen LogP contribution >= 0.6 is 0 Å². The Hall–Kier alpha value is -0.290. The topological polar surface area (TPSA) is 15.3 Å². The number of alkyl halides is 3. The normalized spacial score (nSPS) is 24.2. The number of hydrogen-bond donors (Lipinski definition) is 1. The molecule has 1 aliphatic heterocycles. The van der Waals surface area contributed by atoms with Crippen LogP contribution in [0.3, 0.4) is 0 Å². The summed E-state index contributed by atoms with van der Waals surface area (Å²) in [5.74, 6) is -1.13. The molecule has 1 saturated heterocycles. The van der Waals surface area contributed by atoms with Gasteiger partial charge >= 0.3 is 6.18 Å². The van der Waals surface area contributed by atoms with E-state index in [1.165, 1.54) is 0 Å². The van der Waals surface area contributed by atoms with Gasteiger partial charge < -0.3 is 10.2 Å². The van der Waals surface area contributed by atoms with E-state index < -0.39 is 12.1 Å². The van der Waals surface area contributed by atoms with Crippen molar-refractivity contribution < 1.29 is 13.2 Å². The zero-order valence-corrected chi connectivity index (χ0v) is 11.4. The first-order valence-electron chi connectivity index (χ1n) is 6.96.